The summed E-state index contributed by atoms with van der Waals surface area (Å²) in [7, 11) is 0. The van der Waals surface area contributed by atoms with Crippen LogP contribution in [0.1, 0.15) is 20.8 Å². The normalized spacial score (nSPS) is 14.6. The van der Waals surface area contributed by atoms with E-state index in [0.717, 1.165) is 13.1 Å². The van der Waals surface area contributed by atoms with Gasteiger partial charge in [-0.05, 0) is 20.0 Å². The maximum atomic E-state index is 5.02. The smallest absolute Gasteiger partial charge is 0.0633 e. The summed E-state index contributed by atoms with van der Waals surface area (Å²) in [4.78, 5) is 2.23. The largest absolute Gasteiger partial charge is 0.292 e. The van der Waals surface area contributed by atoms with Crippen molar-refractivity contribution in [1.29, 1.82) is 0 Å². The fourth-order valence-corrected chi connectivity index (χ4v) is 1.04. The maximum absolute atomic E-state index is 5.02. The van der Waals surface area contributed by atoms with E-state index in [2.05, 4.69) is 18.7 Å². The molecule has 0 aliphatic carbocycles. The summed E-state index contributed by atoms with van der Waals surface area (Å²) in [6.45, 7) is 8.45. The highest BCUT2D eigenvalue weighted by molar-refractivity contribution is 7.80. The Bertz CT molecular complexity index is 50.5. The summed E-state index contributed by atoms with van der Waals surface area (Å²) in [5.41, 5.74) is 0. The number of hydrogen-bond acceptors (Lipinski definition) is 1. The molecule has 1 unspecified atom stereocenters. The second-order valence-electron chi connectivity index (χ2n) is 1.82. The fourth-order valence-electron chi connectivity index (χ4n) is 0.738. The van der Waals surface area contributed by atoms with E-state index in [0.29, 0.717) is 5.37 Å². The van der Waals surface area contributed by atoms with Crippen LogP contribution in [0.5, 0.6) is 0 Å². The second kappa shape index (κ2) is 4.21. The van der Waals surface area contributed by atoms with Gasteiger partial charge in [0.05, 0.1) is 5.37 Å². The topological polar surface area (TPSA) is 3.24 Å². The molecule has 0 heterocycles. The molecule has 2 heteroatoms. The average molecular weight is 132 g/mol. The van der Waals surface area contributed by atoms with Crippen LogP contribution >= 0.6 is 12.6 Å². The van der Waals surface area contributed by atoms with Crippen molar-refractivity contribution in [2.24, 2.45) is 0 Å². The molecule has 1 nitrogen and oxygen atoms in total. The van der Waals surface area contributed by atoms with Gasteiger partial charge in [0.25, 0.3) is 0 Å². The van der Waals surface area contributed by atoms with Crippen LogP contribution in [-0.2, 0) is 0 Å². The van der Waals surface area contributed by atoms with E-state index in [1.807, 2.05) is 6.92 Å². The molecule has 0 aliphatic heterocycles. The SMILES string of the molecule is CCN(CC)C(C)[S]. The van der Waals surface area contributed by atoms with Gasteiger partial charge in [-0.2, -0.15) is 0 Å². The predicted octanol–water partition coefficient (Wildman–Crippen LogP) is 1.87. The van der Waals surface area contributed by atoms with Crippen molar-refractivity contribution < 1.29 is 0 Å². The van der Waals surface area contributed by atoms with Crippen LogP contribution < -0.4 is 0 Å². The third-order valence-corrected chi connectivity index (χ3v) is 1.62. The maximum Gasteiger partial charge on any atom is 0.0633 e. The molecule has 0 rings (SSSR count). The first-order valence-corrected chi connectivity index (χ1v) is 3.59. The van der Waals surface area contributed by atoms with Crippen LogP contribution in [0.2, 0.25) is 0 Å². The monoisotopic (exact) mass is 132 g/mol. The first-order valence-electron chi connectivity index (χ1n) is 3.12. The van der Waals surface area contributed by atoms with Crippen LogP contribution in [0.15, 0.2) is 0 Å². The highest BCUT2D eigenvalue weighted by atomic mass is 32.1. The van der Waals surface area contributed by atoms with E-state index < -0.39 is 0 Å². The van der Waals surface area contributed by atoms with Crippen LogP contribution in [-0.4, -0.2) is 23.4 Å². The number of hydrogen-bond donors (Lipinski definition) is 0. The van der Waals surface area contributed by atoms with Gasteiger partial charge in [0.1, 0.15) is 0 Å². The van der Waals surface area contributed by atoms with Crippen LogP contribution in [0, 0.1) is 0 Å². The molecular weight excluding hydrogens is 118 g/mol. The molecule has 0 fully saturated rings. The first kappa shape index (κ1) is 8.31. The number of rotatable bonds is 3. The van der Waals surface area contributed by atoms with Crippen molar-refractivity contribution in [2.75, 3.05) is 13.1 Å². The molecule has 0 spiro atoms. The molecule has 49 valence electrons. The molecule has 8 heavy (non-hydrogen) atoms. The Morgan fingerprint density at radius 3 is 1.75 bits per heavy atom. The number of nitrogens with zero attached hydrogens (tertiary/aromatic N) is 1. The lowest BCUT2D eigenvalue weighted by Crippen LogP contribution is -2.28. The van der Waals surface area contributed by atoms with Gasteiger partial charge in [-0.3, -0.25) is 4.90 Å². The van der Waals surface area contributed by atoms with E-state index >= 15 is 0 Å². The minimum Gasteiger partial charge on any atom is -0.292 e. The molecule has 1 radical (unpaired) electrons. The van der Waals surface area contributed by atoms with Gasteiger partial charge < -0.3 is 0 Å². The Morgan fingerprint density at radius 1 is 1.38 bits per heavy atom. The molecule has 0 saturated carbocycles. The summed E-state index contributed by atoms with van der Waals surface area (Å²) in [6.07, 6.45) is 0. The molecule has 0 bridgehead atoms. The summed E-state index contributed by atoms with van der Waals surface area (Å²) in [5.74, 6) is 0. The van der Waals surface area contributed by atoms with Crippen molar-refractivity contribution in [3.8, 4) is 0 Å². The van der Waals surface area contributed by atoms with Gasteiger partial charge >= 0.3 is 0 Å². The lowest BCUT2D eigenvalue weighted by molar-refractivity contribution is 0.298. The molecule has 0 aromatic rings. The Morgan fingerprint density at radius 2 is 1.75 bits per heavy atom. The van der Waals surface area contributed by atoms with Gasteiger partial charge in [-0.1, -0.05) is 26.5 Å². The zero-order chi connectivity index (χ0) is 6.57. The molecule has 0 aromatic carbocycles. The lowest BCUT2D eigenvalue weighted by atomic mass is 10.5. The third-order valence-electron chi connectivity index (χ3n) is 1.33. The predicted molar refractivity (Wildman–Crippen MR) is 40.0 cm³/mol. The van der Waals surface area contributed by atoms with E-state index in [9.17, 15) is 0 Å². The zero-order valence-electron chi connectivity index (χ0n) is 5.85. The van der Waals surface area contributed by atoms with Crippen molar-refractivity contribution in [3.63, 3.8) is 0 Å². The Balaban J connectivity index is 3.35. The minimum atomic E-state index is 0.296. The highest BCUT2D eigenvalue weighted by Gasteiger charge is 2.02. The quantitative estimate of drug-likeness (QED) is 0.566. The standard InChI is InChI=1S/C6H14NS/c1-4-7(5-2)6(3)8/h6H,4-5H2,1-3H3. The van der Waals surface area contributed by atoms with E-state index in [1.165, 1.54) is 0 Å². The van der Waals surface area contributed by atoms with Crippen molar-refractivity contribution in [2.45, 2.75) is 26.1 Å². The van der Waals surface area contributed by atoms with E-state index in [1.54, 1.807) is 0 Å². The molecule has 0 aliphatic rings. The Kier molecular flexibility index (Phi) is 4.38. The van der Waals surface area contributed by atoms with Gasteiger partial charge in [-0.25, -0.2) is 0 Å². The van der Waals surface area contributed by atoms with Crippen molar-refractivity contribution in [3.05, 3.63) is 0 Å². The van der Waals surface area contributed by atoms with Gasteiger partial charge in [0, 0.05) is 0 Å². The minimum absolute atomic E-state index is 0.296. The highest BCUT2D eigenvalue weighted by Crippen LogP contribution is 1.99. The van der Waals surface area contributed by atoms with Gasteiger partial charge in [0.2, 0.25) is 0 Å². The zero-order valence-corrected chi connectivity index (χ0v) is 6.66. The molecule has 0 aromatic heterocycles. The summed E-state index contributed by atoms with van der Waals surface area (Å²) >= 11 is 5.02. The summed E-state index contributed by atoms with van der Waals surface area (Å²) in [5, 5.41) is 0.296. The first-order chi connectivity index (χ1) is 3.72. The van der Waals surface area contributed by atoms with E-state index in [-0.39, 0.29) is 0 Å². The van der Waals surface area contributed by atoms with Gasteiger partial charge in [0.15, 0.2) is 0 Å². The average Bonchev–Trinajstić information content (AvgIpc) is 1.69. The second-order valence-corrected chi connectivity index (χ2v) is 2.50. The lowest BCUT2D eigenvalue weighted by Gasteiger charge is -2.20. The van der Waals surface area contributed by atoms with Gasteiger partial charge in [-0.15, -0.1) is 0 Å². The Labute approximate surface area is 57.5 Å². The molecular formula is C6H14NS. The van der Waals surface area contributed by atoms with Crippen molar-refractivity contribution in [1.82, 2.24) is 4.90 Å². The molecule has 0 N–H and O–H groups in total. The van der Waals surface area contributed by atoms with Crippen LogP contribution in [0.3, 0.4) is 0 Å². The molecule has 0 saturated heterocycles. The third kappa shape index (κ3) is 2.58. The fraction of sp³-hybridized carbons (Fsp3) is 1.00. The summed E-state index contributed by atoms with van der Waals surface area (Å²) < 4.78 is 0. The molecule has 0 amide bonds. The Hall–Kier alpha value is 0.310. The van der Waals surface area contributed by atoms with E-state index in [4.69, 9.17) is 12.6 Å². The van der Waals surface area contributed by atoms with Crippen molar-refractivity contribution >= 4 is 12.6 Å². The summed E-state index contributed by atoms with van der Waals surface area (Å²) in [6, 6.07) is 0. The molecule has 1 atom stereocenters. The van der Waals surface area contributed by atoms with Crippen LogP contribution in [0.25, 0.3) is 0 Å². The van der Waals surface area contributed by atoms with Crippen LogP contribution in [0.4, 0.5) is 0 Å².